The Morgan fingerprint density at radius 1 is 1.11 bits per heavy atom. The van der Waals surface area contributed by atoms with Gasteiger partial charge in [0.15, 0.2) is 0 Å². The summed E-state index contributed by atoms with van der Waals surface area (Å²) in [5.41, 5.74) is 1.26. The SMILES string of the molecule is C[C@@H](NC(=O)/C=C/c1ccccc1F)c1cccc(Oc2cccnc2)c1. The van der Waals surface area contributed by atoms with Crippen molar-refractivity contribution >= 4 is 12.0 Å². The lowest BCUT2D eigenvalue weighted by Gasteiger charge is -2.14. The van der Waals surface area contributed by atoms with E-state index in [1.807, 2.05) is 37.3 Å². The Labute approximate surface area is 157 Å². The van der Waals surface area contributed by atoms with Gasteiger partial charge in [-0.25, -0.2) is 4.39 Å². The van der Waals surface area contributed by atoms with Gasteiger partial charge in [0.2, 0.25) is 5.91 Å². The van der Waals surface area contributed by atoms with E-state index in [0.717, 1.165) is 5.56 Å². The van der Waals surface area contributed by atoms with Crippen molar-refractivity contribution in [2.24, 2.45) is 0 Å². The van der Waals surface area contributed by atoms with Crippen molar-refractivity contribution in [2.75, 3.05) is 0 Å². The second kappa shape index (κ2) is 8.76. The summed E-state index contributed by atoms with van der Waals surface area (Å²) < 4.78 is 19.4. The maximum atomic E-state index is 13.6. The molecule has 0 spiro atoms. The van der Waals surface area contributed by atoms with E-state index in [1.165, 1.54) is 18.2 Å². The topological polar surface area (TPSA) is 51.2 Å². The van der Waals surface area contributed by atoms with E-state index in [0.29, 0.717) is 17.1 Å². The molecule has 2 aromatic carbocycles. The van der Waals surface area contributed by atoms with Crippen LogP contribution < -0.4 is 10.1 Å². The van der Waals surface area contributed by atoms with Crippen molar-refractivity contribution in [2.45, 2.75) is 13.0 Å². The number of hydrogen-bond acceptors (Lipinski definition) is 3. The van der Waals surface area contributed by atoms with E-state index < -0.39 is 0 Å². The summed E-state index contributed by atoms with van der Waals surface area (Å²) >= 11 is 0. The zero-order chi connectivity index (χ0) is 19.1. The largest absolute Gasteiger partial charge is 0.456 e. The van der Waals surface area contributed by atoms with Gasteiger partial charge in [0.1, 0.15) is 17.3 Å². The molecule has 1 N–H and O–H groups in total. The first kappa shape index (κ1) is 18.3. The highest BCUT2D eigenvalue weighted by Gasteiger charge is 2.09. The van der Waals surface area contributed by atoms with Gasteiger partial charge in [-0.15, -0.1) is 0 Å². The Morgan fingerprint density at radius 3 is 2.70 bits per heavy atom. The van der Waals surface area contributed by atoms with Gasteiger partial charge < -0.3 is 10.1 Å². The van der Waals surface area contributed by atoms with Crippen LogP contribution in [0, 0.1) is 5.82 Å². The second-order valence-electron chi connectivity index (χ2n) is 5.95. The molecular weight excluding hydrogens is 343 g/mol. The number of pyridine rings is 1. The second-order valence-corrected chi connectivity index (χ2v) is 5.95. The molecule has 1 amide bonds. The molecule has 1 aromatic heterocycles. The molecule has 27 heavy (non-hydrogen) atoms. The van der Waals surface area contributed by atoms with E-state index in [2.05, 4.69) is 10.3 Å². The number of nitrogens with one attached hydrogen (secondary N) is 1. The van der Waals surface area contributed by atoms with Crippen molar-refractivity contribution in [3.63, 3.8) is 0 Å². The highest BCUT2D eigenvalue weighted by atomic mass is 19.1. The van der Waals surface area contributed by atoms with Gasteiger partial charge in [0, 0.05) is 17.8 Å². The van der Waals surface area contributed by atoms with Crippen LogP contribution in [-0.4, -0.2) is 10.9 Å². The Hall–Kier alpha value is -3.47. The zero-order valence-corrected chi connectivity index (χ0v) is 14.8. The van der Waals surface area contributed by atoms with Gasteiger partial charge in [-0.3, -0.25) is 9.78 Å². The number of rotatable bonds is 6. The van der Waals surface area contributed by atoms with Gasteiger partial charge in [0.05, 0.1) is 12.2 Å². The molecule has 0 aliphatic carbocycles. The van der Waals surface area contributed by atoms with Crippen LogP contribution in [0.2, 0.25) is 0 Å². The van der Waals surface area contributed by atoms with Crippen LogP contribution in [0.4, 0.5) is 4.39 Å². The van der Waals surface area contributed by atoms with Gasteiger partial charge in [-0.05, 0) is 48.9 Å². The third kappa shape index (κ3) is 5.25. The molecule has 0 unspecified atom stereocenters. The van der Waals surface area contributed by atoms with E-state index >= 15 is 0 Å². The van der Waals surface area contributed by atoms with E-state index in [9.17, 15) is 9.18 Å². The monoisotopic (exact) mass is 362 g/mol. The molecule has 0 saturated heterocycles. The van der Waals surface area contributed by atoms with Crippen molar-refractivity contribution in [1.82, 2.24) is 10.3 Å². The molecule has 3 aromatic rings. The normalized spacial score (nSPS) is 11.9. The molecule has 0 radical (unpaired) electrons. The van der Waals surface area contributed by atoms with Crippen molar-refractivity contribution in [1.29, 1.82) is 0 Å². The molecule has 0 fully saturated rings. The zero-order valence-electron chi connectivity index (χ0n) is 14.8. The van der Waals surface area contributed by atoms with Gasteiger partial charge in [-0.1, -0.05) is 30.3 Å². The third-order valence-electron chi connectivity index (χ3n) is 3.91. The van der Waals surface area contributed by atoms with Crippen LogP contribution in [0.3, 0.4) is 0 Å². The maximum Gasteiger partial charge on any atom is 0.244 e. The van der Waals surface area contributed by atoms with Gasteiger partial charge in [-0.2, -0.15) is 0 Å². The first-order chi connectivity index (χ1) is 13.1. The lowest BCUT2D eigenvalue weighted by molar-refractivity contribution is -0.117. The standard InChI is InChI=1S/C22H19FN2O2/c1-16(25-22(26)12-11-17-6-2-3-10-21(17)23)18-7-4-8-19(14-18)27-20-9-5-13-24-15-20/h2-16H,1H3,(H,25,26)/b12-11+/t16-/m1/s1. The quantitative estimate of drug-likeness (QED) is 0.634. The maximum absolute atomic E-state index is 13.6. The predicted molar refractivity (Wildman–Crippen MR) is 103 cm³/mol. The molecule has 136 valence electrons. The van der Waals surface area contributed by atoms with Crippen LogP contribution in [0.25, 0.3) is 6.08 Å². The predicted octanol–water partition coefficient (Wildman–Crippen LogP) is 4.90. The lowest BCUT2D eigenvalue weighted by Crippen LogP contribution is -2.24. The first-order valence-corrected chi connectivity index (χ1v) is 8.53. The van der Waals surface area contributed by atoms with Crippen LogP contribution in [0.15, 0.2) is 79.1 Å². The summed E-state index contributed by atoms with van der Waals surface area (Å²) in [6, 6.07) is 17.1. The van der Waals surface area contributed by atoms with Crippen molar-refractivity contribution in [3.8, 4) is 11.5 Å². The molecule has 0 bridgehead atoms. The fraction of sp³-hybridized carbons (Fsp3) is 0.0909. The average molecular weight is 362 g/mol. The smallest absolute Gasteiger partial charge is 0.244 e. The van der Waals surface area contributed by atoms with Gasteiger partial charge in [0.25, 0.3) is 0 Å². The van der Waals surface area contributed by atoms with E-state index in [4.69, 9.17) is 4.74 Å². The minimum atomic E-state index is -0.366. The lowest BCUT2D eigenvalue weighted by atomic mass is 10.1. The Balaban J connectivity index is 1.63. The molecule has 1 heterocycles. The van der Waals surface area contributed by atoms with Gasteiger partial charge >= 0.3 is 0 Å². The highest BCUT2D eigenvalue weighted by Crippen LogP contribution is 2.24. The summed E-state index contributed by atoms with van der Waals surface area (Å²) in [5, 5.41) is 2.86. The van der Waals surface area contributed by atoms with Crippen molar-refractivity contribution < 1.29 is 13.9 Å². The molecule has 0 aliphatic rings. The molecule has 5 heteroatoms. The molecule has 1 atom stereocenters. The average Bonchev–Trinajstić information content (AvgIpc) is 2.68. The molecule has 3 rings (SSSR count). The fourth-order valence-electron chi connectivity index (χ4n) is 2.51. The molecular formula is C22H19FN2O2. The fourth-order valence-corrected chi connectivity index (χ4v) is 2.51. The Bertz CT molecular complexity index is 942. The minimum absolute atomic E-state index is 0.236. The summed E-state index contributed by atoms with van der Waals surface area (Å²) in [4.78, 5) is 16.1. The number of ether oxygens (including phenoxy) is 1. The number of nitrogens with zero attached hydrogens (tertiary/aromatic N) is 1. The molecule has 0 saturated carbocycles. The van der Waals surface area contributed by atoms with Crippen LogP contribution >= 0.6 is 0 Å². The molecule has 4 nitrogen and oxygen atoms in total. The summed E-state index contributed by atoms with van der Waals surface area (Å²) in [6.45, 7) is 1.87. The molecule has 0 aliphatic heterocycles. The Morgan fingerprint density at radius 2 is 1.93 bits per heavy atom. The van der Waals surface area contributed by atoms with Crippen molar-refractivity contribution in [3.05, 3.63) is 96.1 Å². The number of halogens is 1. The van der Waals surface area contributed by atoms with Crippen LogP contribution in [0.1, 0.15) is 24.1 Å². The number of hydrogen-bond donors (Lipinski definition) is 1. The third-order valence-corrected chi connectivity index (χ3v) is 3.91. The van der Waals surface area contributed by atoms with E-state index in [-0.39, 0.29) is 17.8 Å². The number of aromatic nitrogens is 1. The Kier molecular flexibility index (Phi) is 5.94. The number of benzene rings is 2. The number of amides is 1. The number of carbonyl (C=O) groups excluding carboxylic acids is 1. The summed E-state index contributed by atoms with van der Waals surface area (Å²) in [6.07, 6.45) is 6.09. The summed E-state index contributed by atoms with van der Waals surface area (Å²) in [5.74, 6) is 0.627. The minimum Gasteiger partial charge on any atom is -0.456 e. The highest BCUT2D eigenvalue weighted by molar-refractivity contribution is 5.92. The van der Waals surface area contributed by atoms with E-state index in [1.54, 1.807) is 36.7 Å². The first-order valence-electron chi connectivity index (χ1n) is 8.53. The number of carbonyl (C=O) groups is 1. The van der Waals surface area contributed by atoms with Crippen LogP contribution in [0.5, 0.6) is 11.5 Å². The summed E-state index contributed by atoms with van der Waals surface area (Å²) in [7, 11) is 0. The van der Waals surface area contributed by atoms with Crippen LogP contribution in [-0.2, 0) is 4.79 Å².